The second-order valence-corrected chi connectivity index (χ2v) is 16.6. The molecular weight excluding hydrogens is 703 g/mol. The summed E-state index contributed by atoms with van der Waals surface area (Å²) in [5, 5.41) is 2.91. The maximum atomic E-state index is 12.7. The number of alkyl halides is 1. The highest BCUT2D eigenvalue weighted by molar-refractivity contribution is 7.96. The molecule has 0 aliphatic rings. The minimum Gasteiger partial charge on any atom is -0.247 e. The molecule has 2 aromatic carbocycles. The van der Waals surface area contributed by atoms with Crippen LogP contribution in [0.4, 0.5) is 4.39 Å². The van der Waals surface area contributed by atoms with E-state index in [4.69, 9.17) is 0 Å². The lowest BCUT2D eigenvalue weighted by Crippen LogP contribution is -2.24. The van der Waals surface area contributed by atoms with Gasteiger partial charge in [0.2, 0.25) is 0 Å². The van der Waals surface area contributed by atoms with Gasteiger partial charge in [0, 0.05) is 42.8 Å². The maximum absolute atomic E-state index is 12.7. The molecule has 0 bridgehead atoms. The zero-order valence-corrected chi connectivity index (χ0v) is 42.8. The largest absolute Gasteiger partial charge is 0.247 e. The zero-order chi connectivity index (χ0) is 42.8. The highest BCUT2D eigenvalue weighted by atomic mass is 32.2. The van der Waals surface area contributed by atoms with E-state index in [-0.39, 0.29) is 5.66 Å². The van der Waals surface area contributed by atoms with Gasteiger partial charge in [-0.15, -0.1) is 20.6 Å². The highest BCUT2D eigenvalue weighted by Crippen LogP contribution is 2.36. The van der Waals surface area contributed by atoms with Crippen LogP contribution >= 0.6 is 20.6 Å². The summed E-state index contributed by atoms with van der Waals surface area (Å²) >= 11 is 1.93. The Kier molecular flexibility index (Phi) is 59.9. The average Bonchev–Trinajstić information content (AvgIpc) is 3.56. The Morgan fingerprint density at radius 3 is 1.23 bits per heavy atom. The van der Waals surface area contributed by atoms with Crippen LogP contribution in [0.15, 0.2) is 41.3 Å². The normalized spacial score (nSPS) is 11.2. The standard InChI is InChI=1S/C21H27S2.C8H18FP.2C5H12.5C2H6/c1-4-6-12-23(13-7-5-2)17-9-11-21-19(15-17)18-14-16(3)8-10-20(18)22-21;1-5(2)6(3)8(10)7(4)9;2*1-3-5-4-2;5*1-2/h8-11,14-15H,4-7,12-13H2,1-3H3;5-8H,10H2,1-4H3;2*3-5H2,1-2H3;5*1-2H3/q+1;;;;;;;;. The van der Waals surface area contributed by atoms with Gasteiger partial charge in [-0.2, -0.15) is 0 Å². The van der Waals surface area contributed by atoms with Crippen LogP contribution in [0.2, 0.25) is 0 Å². The summed E-state index contributed by atoms with van der Waals surface area (Å²) in [6, 6.07) is 14.1. The second kappa shape index (κ2) is 49.4. The summed E-state index contributed by atoms with van der Waals surface area (Å²) in [6.07, 6.45) is 12.8. The Morgan fingerprint density at radius 1 is 0.566 bits per heavy atom. The predicted octanol–water partition coefficient (Wildman–Crippen LogP) is 19.3. The third-order valence-electron chi connectivity index (χ3n) is 8.02. The molecule has 0 radical (unpaired) electrons. The Labute approximate surface area is 346 Å². The van der Waals surface area contributed by atoms with Gasteiger partial charge in [0.25, 0.3) is 0 Å². The van der Waals surface area contributed by atoms with Gasteiger partial charge >= 0.3 is 0 Å². The van der Waals surface area contributed by atoms with Crippen LogP contribution in [0.1, 0.15) is 208 Å². The molecule has 0 saturated carbocycles. The van der Waals surface area contributed by atoms with E-state index in [0.29, 0.717) is 22.7 Å². The maximum Gasteiger partial charge on any atom is 0.155 e. The van der Waals surface area contributed by atoms with Crippen molar-refractivity contribution in [2.45, 2.75) is 226 Å². The number of unbranched alkanes of at least 4 members (excludes halogenated alkanes) is 6. The Morgan fingerprint density at radius 2 is 0.925 bits per heavy atom. The van der Waals surface area contributed by atoms with Crippen LogP contribution in [-0.2, 0) is 10.9 Å². The van der Waals surface area contributed by atoms with Crippen molar-refractivity contribution < 1.29 is 4.39 Å². The fourth-order valence-corrected chi connectivity index (χ4v) is 8.60. The minimum absolute atomic E-state index is 0.111. The lowest BCUT2D eigenvalue weighted by atomic mass is 9.92. The molecule has 0 amide bonds. The van der Waals surface area contributed by atoms with Gasteiger partial charge < -0.3 is 0 Å². The molecule has 0 aliphatic heterocycles. The molecule has 3 rings (SSSR count). The molecule has 0 saturated heterocycles. The smallest absolute Gasteiger partial charge is 0.155 e. The van der Waals surface area contributed by atoms with Crippen molar-refractivity contribution in [3.05, 3.63) is 42.0 Å². The van der Waals surface area contributed by atoms with E-state index in [1.807, 2.05) is 80.6 Å². The number of fused-ring (bicyclic) bond motifs is 3. The lowest BCUT2D eigenvalue weighted by molar-refractivity contribution is 0.273. The molecule has 0 nitrogen and oxygen atoms in total. The number of hydrogen-bond acceptors (Lipinski definition) is 1. The van der Waals surface area contributed by atoms with E-state index >= 15 is 0 Å². The van der Waals surface area contributed by atoms with E-state index in [1.54, 1.807) is 11.8 Å². The summed E-state index contributed by atoms with van der Waals surface area (Å²) in [5.74, 6) is 3.75. The summed E-state index contributed by atoms with van der Waals surface area (Å²) in [4.78, 5) is 1.58. The first-order valence-electron chi connectivity index (χ1n) is 22.5. The molecule has 0 aliphatic carbocycles. The molecule has 0 spiro atoms. The molecule has 318 valence electrons. The molecule has 0 N–H and O–H groups in total. The number of thiophene rings is 1. The van der Waals surface area contributed by atoms with E-state index in [9.17, 15) is 4.39 Å². The van der Waals surface area contributed by atoms with Gasteiger partial charge in [0.15, 0.2) is 4.90 Å². The average molecular weight is 802 g/mol. The summed E-state index contributed by atoms with van der Waals surface area (Å²) in [5.41, 5.74) is 1.47. The Bertz CT molecular complexity index is 1040. The van der Waals surface area contributed by atoms with E-state index in [1.165, 1.54) is 101 Å². The van der Waals surface area contributed by atoms with Gasteiger partial charge in [0.1, 0.15) is 17.7 Å². The SMILES string of the molecule is CC.CC.CC.CC.CC.CC(C)C(C)C(P)C(C)F.CCCCC.CCCCC.CCCC[S+](CCCC)c1ccc2sc3ccc(C)cc3c2c1. The molecule has 0 fully saturated rings. The second-order valence-electron chi connectivity index (χ2n) is 12.4. The molecule has 1 aromatic heterocycles. The van der Waals surface area contributed by atoms with Crippen LogP contribution < -0.4 is 0 Å². The van der Waals surface area contributed by atoms with Crippen molar-refractivity contribution in [1.82, 2.24) is 0 Å². The fraction of sp³-hybridized carbons (Fsp3) is 0.755. The van der Waals surface area contributed by atoms with Gasteiger partial charge in [0.05, 0.1) is 0 Å². The third-order valence-corrected chi connectivity index (χ3v) is 12.8. The predicted molar refractivity (Wildman–Crippen MR) is 264 cm³/mol. The van der Waals surface area contributed by atoms with Crippen LogP contribution in [0.5, 0.6) is 0 Å². The van der Waals surface area contributed by atoms with E-state index in [0.717, 1.165) is 0 Å². The van der Waals surface area contributed by atoms with Gasteiger partial charge in [-0.3, -0.25) is 0 Å². The quantitative estimate of drug-likeness (QED) is 0.113. The number of rotatable bonds is 14. The summed E-state index contributed by atoms with van der Waals surface area (Å²) < 4.78 is 15.5. The molecule has 4 heteroatoms. The monoisotopic (exact) mass is 802 g/mol. The summed E-state index contributed by atoms with van der Waals surface area (Å²) in [6.45, 7) is 43.6. The Hall–Kier alpha value is -0.630. The molecular formula is C49H99FPS2+. The van der Waals surface area contributed by atoms with Crippen LogP contribution in [0.3, 0.4) is 0 Å². The molecule has 4 atom stereocenters. The first-order valence-corrected chi connectivity index (χ1v) is 25.6. The fourth-order valence-electron chi connectivity index (χ4n) is 4.59. The van der Waals surface area contributed by atoms with Crippen LogP contribution in [0.25, 0.3) is 20.2 Å². The minimum atomic E-state index is -0.706. The first kappa shape index (κ1) is 64.3. The highest BCUT2D eigenvalue weighted by Gasteiger charge is 2.22. The van der Waals surface area contributed by atoms with Gasteiger partial charge in [-0.25, -0.2) is 4.39 Å². The lowest BCUT2D eigenvalue weighted by Gasteiger charge is -2.23. The molecule has 1 heterocycles. The van der Waals surface area contributed by atoms with E-state index in [2.05, 4.69) is 115 Å². The van der Waals surface area contributed by atoms with Crippen molar-refractivity contribution in [2.75, 3.05) is 11.5 Å². The molecule has 53 heavy (non-hydrogen) atoms. The Balaban J connectivity index is -0.000000154. The third kappa shape index (κ3) is 33.2. The first-order chi connectivity index (χ1) is 25.5. The van der Waals surface area contributed by atoms with Gasteiger partial charge in [-0.1, -0.05) is 195 Å². The zero-order valence-electron chi connectivity index (χ0n) is 40.0. The van der Waals surface area contributed by atoms with Crippen molar-refractivity contribution >= 4 is 51.6 Å². The number of benzene rings is 2. The summed E-state index contributed by atoms with van der Waals surface area (Å²) in [7, 11) is 3.01. The van der Waals surface area contributed by atoms with Crippen LogP contribution in [-0.4, -0.2) is 23.3 Å². The van der Waals surface area contributed by atoms with Crippen LogP contribution in [0, 0.1) is 18.8 Å². The molecule has 4 unspecified atom stereocenters. The van der Waals surface area contributed by atoms with Crippen molar-refractivity contribution in [3.63, 3.8) is 0 Å². The molecule has 3 aromatic rings. The van der Waals surface area contributed by atoms with Crippen molar-refractivity contribution in [1.29, 1.82) is 0 Å². The van der Waals surface area contributed by atoms with Crippen molar-refractivity contribution in [2.24, 2.45) is 11.8 Å². The topological polar surface area (TPSA) is 0 Å². The number of aryl methyl sites for hydroxylation is 1. The van der Waals surface area contributed by atoms with Crippen molar-refractivity contribution in [3.8, 4) is 0 Å². The number of hydrogen-bond donors (Lipinski definition) is 0. The van der Waals surface area contributed by atoms with E-state index < -0.39 is 6.17 Å². The number of halogens is 1. The van der Waals surface area contributed by atoms with Gasteiger partial charge in [-0.05, 0) is 62.8 Å².